The fourth-order valence-corrected chi connectivity index (χ4v) is 1.50. The molecule has 2 rings (SSSR count). The van der Waals surface area contributed by atoms with Crippen molar-refractivity contribution in [3.05, 3.63) is 35.9 Å². The van der Waals surface area contributed by atoms with E-state index in [1.165, 1.54) is 0 Å². The highest BCUT2D eigenvalue weighted by atomic mass is 16.7. The number of ether oxygens (including phenoxy) is 2. The molecule has 0 aromatic heterocycles. The Morgan fingerprint density at radius 2 is 1.60 bits per heavy atom. The Labute approximate surface area is 86.8 Å². The Balaban J connectivity index is 2.34. The van der Waals surface area contributed by atoms with Gasteiger partial charge in [-0.3, -0.25) is 9.59 Å². The van der Waals surface area contributed by atoms with E-state index in [9.17, 15) is 9.59 Å². The molecule has 1 aliphatic heterocycles. The lowest BCUT2D eigenvalue weighted by atomic mass is 10.1. The van der Waals surface area contributed by atoms with E-state index >= 15 is 0 Å². The predicted octanol–water partition coefficient (Wildman–Crippen LogP) is 1.35. The standard InChI is InChI=1S/C11H10O4/c1-11(8-5-3-2-4-6-8)14-9(12)7-10(13)15-11/h2-6H,7H2,1H3. The first-order chi connectivity index (χ1) is 7.10. The summed E-state index contributed by atoms with van der Waals surface area (Å²) in [5.41, 5.74) is 0.645. The van der Waals surface area contributed by atoms with Crippen LogP contribution in [-0.2, 0) is 24.8 Å². The summed E-state index contributed by atoms with van der Waals surface area (Å²) in [4.78, 5) is 22.3. The van der Waals surface area contributed by atoms with Gasteiger partial charge in [-0.1, -0.05) is 30.3 Å². The van der Waals surface area contributed by atoms with E-state index in [0.29, 0.717) is 5.56 Å². The Morgan fingerprint density at radius 3 is 2.13 bits per heavy atom. The number of hydrogen-bond acceptors (Lipinski definition) is 4. The Morgan fingerprint density at radius 1 is 1.07 bits per heavy atom. The average Bonchev–Trinajstić information content (AvgIpc) is 2.17. The lowest BCUT2D eigenvalue weighted by molar-refractivity contribution is -0.242. The number of cyclic esters (lactones) is 2. The van der Waals surface area contributed by atoms with Crippen LogP contribution in [0.1, 0.15) is 18.9 Å². The first-order valence-corrected chi connectivity index (χ1v) is 4.59. The van der Waals surface area contributed by atoms with Gasteiger partial charge in [0.05, 0.1) is 0 Å². The van der Waals surface area contributed by atoms with Crippen molar-refractivity contribution in [1.29, 1.82) is 0 Å². The first-order valence-electron chi connectivity index (χ1n) is 4.59. The lowest BCUT2D eigenvalue weighted by Gasteiger charge is -2.32. The lowest BCUT2D eigenvalue weighted by Crippen LogP contribution is -2.40. The molecule has 0 radical (unpaired) electrons. The van der Waals surface area contributed by atoms with Crippen molar-refractivity contribution in [3.8, 4) is 0 Å². The fourth-order valence-electron chi connectivity index (χ4n) is 1.50. The van der Waals surface area contributed by atoms with Crippen LogP contribution in [0.25, 0.3) is 0 Å². The molecule has 0 spiro atoms. The fraction of sp³-hybridized carbons (Fsp3) is 0.273. The van der Waals surface area contributed by atoms with Crippen molar-refractivity contribution in [2.75, 3.05) is 0 Å². The molecule has 0 aliphatic carbocycles. The van der Waals surface area contributed by atoms with E-state index in [0.717, 1.165) is 0 Å². The second-order valence-electron chi connectivity index (χ2n) is 3.44. The van der Waals surface area contributed by atoms with E-state index in [2.05, 4.69) is 0 Å². The molecule has 1 heterocycles. The highest BCUT2D eigenvalue weighted by Gasteiger charge is 2.40. The summed E-state index contributed by atoms with van der Waals surface area (Å²) in [5, 5.41) is 0. The number of esters is 2. The summed E-state index contributed by atoms with van der Waals surface area (Å²) < 4.78 is 10.1. The topological polar surface area (TPSA) is 52.6 Å². The van der Waals surface area contributed by atoms with Gasteiger partial charge in [-0.25, -0.2) is 0 Å². The highest BCUT2D eigenvalue weighted by Crippen LogP contribution is 2.30. The van der Waals surface area contributed by atoms with Crippen molar-refractivity contribution >= 4 is 11.9 Å². The molecule has 0 atom stereocenters. The summed E-state index contributed by atoms with van der Waals surface area (Å²) in [6.07, 6.45) is -0.317. The maximum atomic E-state index is 11.1. The van der Waals surface area contributed by atoms with Crippen molar-refractivity contribution in [2.45, 2.75) is 19.1 Å². The normalized spacial score (nSPS) is 19.3. The SMILES string of the molecule is CC1(c2ccccc2)OC(=O)CC(=O)O1. The second-order valence-corrected chi connectivity index (χ2v) is 3.44. The third kappa shape index (κ3) is 1.83. The average molecular weight is 206 g/mol. The van der Waals surface area contributed by atoms with Gasteiger partial charge in [-0.15, -0.1) is 0 Å². The smallest absolute Gasteiger partial charge is 0.320 e. The Hall–Kier alpha value is -1.84. The van der Waals surface area contributed by atoms with Gasteiger partial charge in [0.2, 0.25) is 0 Å². The summed E-state index contributed by atoms with van der Waals surface area (Å²) >= 11 is 0. The van der Waals surface area contributed by atoms with Crippen LogP contribution in [0.4, 0.5) is 0 Å². The predicted molar refractivity (Wildman–Crippen MR) is 50.6 cm³/mol. The van der Waals surface area contributed by atoms with Crippen LogP contribution in [0.5, 0.6) is 0 Å². The first kappa shape index (κ1) is 9.71. The van der Waals surface area contributed by atoms with Gasteiger partial charge in [0, 0.05) is 12.5 Å². The summed E-state index contributed by atoms with van der Waals surface area (Å²) in [5.74, 6) is -2.40. The van der Waals surface area contributed by atoms with E-state index in [1.54, 1.807) is 31.2 Å². The zero-order valence-corrected chi connectivity index (χ0v) is 8.23. The minimum Gasteiger partial charge on any atom is -0.418 e. The third-order valence-electron chi connectivity index (χ3n) is 2.20. The van der Waals surface area contributed by atoms with Crippen LogP contribution >= 0.6 is 0 Å². The van der Waals surface area contributed by atoms with E-state index in [-0.39, 0.29) is 6.42 Å². The maximum Gasteiger partial charge on any atom is 0.320 e. The monoisotopic (exact) mass is 206 g/mol. The van der Waals surface area contributed by atoms with Crippen LogP contribution in [0.3, 0.4) is 0 Å². The highest BCUT2D eigenvalue weighted by molar-refractivity contribution is 5.93. The molecule has 1 aromatic rings. The molecule has 1 saturated heterocycles. The molecule has 15 heavy (non-hydrogen) atoms. The van der Waals surface area contributed by atoms with Crippen LogP contribution in [0.2, 0.25) is 0 Å². The number of carbonyl (C=O) groups is 2. The van der Waals surface area contributed by atoms with Crippen molar-refractivity contribution < 1.29 is 19.1 Å². The van der Waals surface area contributed by atoms with Crippen LogP contribution in [-0.4, -0.2) is 11.9 Å². The van der Waals surface area contributed by atoms with E-state index in [4.69, 9.17) is 9.47 Å². The zero-order chi connectivity index (χ0) is 10.9. The van der Waals surface area contributed by atoms with Crippen LogP contribution in [0, 0.1) is 0 Å². The summed E-state index contributed by atoms with van der Waals surface area (Å²) in [7, 11) is 0. The van der Waals surface area contributed by atoms with Crippen molar-refractivity contribution in [1.82, 2.24) is 0 Å². The van der Waals surface area contributed by atoms with Crippen molar-refractivity contribution in [2.24, 2.45) is 0 Å². The van der Waals surface area contributed by atoms with Gasteiger partial charge in [0.25, 0.3) is 5.79 Å². The largest absolute Gasteiger partial charge is 0.418 e. The quantitative estimate of drug-likeness (QED) is 0.514. The number of carbonyl (C=O) groups excluding carboxylic acids is 2. The van der Waals surface area contributed by atoms with E-state index < -0.39 is 17.7 Å². The number of hydrogen-bond donors (Lipinski definition) is 0. The zero-order valence-electron chi connectivity index (χ0n) is 8.23. The van der Waals surface area contributed by atoms with Crippen LogP contribution in [0.15, 0.2) is 30.3 Å². The van der Waals surface area contributed by atoms with Gasteiger partial charge in [0.1, 0.15) is 6.42 Å². The molecule has 1 aromatic carbocycles. The molecular weight excluding hydrogens is 196 g/mol. The Bertz CT molecular complexity index is 380. The molecule has 0 N–H and O–H groups in total. The molecule has 1 fully saturated rings. The van der Waals surface area contributed by atoms with Gasteiger partial charge < -0.3 is 9.47 Å². The molecule has 1 aliphatic rings. The number of rotatable bonds is 1. The minimum absolute atomic E-state index is 0.317. The molecule has 0 unspecified atom stereocenters. The summed E-state index contributed by atoms with van der Waals surface area (Å²) in [6, 6.07) is 8.89. The molecule has 4 nitrogen and oxygen atoms in total. The molecule has 78 valence electrons. The Kier molecular flexibility index (Phi) is 2.19. The molecule has 0 bridgehead atoms. The van der Waals surface area contributed by atoms with Crippen LogP contribution < -0.4 is 0 Å². The van der Waals surface area contributed by atoms with Gasteiger partial charge in [-0.05, 0) is 0 Å². The molecule has 4 heteroatoms. The number of benzene rings is 1. The molecule has 0 saturated carbocycles. The van der Waals surface area contributed by atoms with Gasteiger partial charge in [0.15, 0.2) is 0 Å². The molecule has 0 amide bonds. The van der Waals surface area contributed by atoms with Gasteiger partial charge in [-0.2, -0.15) is 0 Å². The summed E-state index contributed by atoms with van der Waals surface area (Å²) in [6.45, 7) is 1.55. The third-order valence-corrected chi connectivity index (χ3v) is 2.20. The minimum atomic E-state index is -1.28. The van der Waals surface area contributed by atoms with E-state index in [1.807, 2.05) is 6.07 Å². The second kappa shape index (κ2) is 3.38. The maximum absolute atomic E-state index is 11.1. The molecular formula is C11H10O4. The van der Waals surface area contributed by atoms with Gasteiger partial charge >= 0.3 is 11.9 Å². The van der Waals surface area contributed by atoms with Crippen molar-refractivity contribution in [3.63, 3.8) is 0 Å².